The van der Waals surface area contributed by atoms with Crippen LogP contribution >= 0.6 is 0 Å². The van der Waals surface area contributed by atoms with Crippen molar-refractivity contribution < 1.29 is 0 Å². The maximum absolute atomic E-state index is 3.85. The Morgan fingerprint density at radius 1 is 0.941 bits per heavy atom. The Hall–Kier alpha value is -1.30. The van der Waals surface area contributed by atoms with Gasteiger partial charge in [0.2, 0.25) is 0 Å². The van der Waals surface area contributed by atoms with Gasteiger partial charge in [-0.05, 0) is 25.0 Å². The second kappa shape index (κ2) is 20.2. The molecule has 0 unspecified atom stereocenters. The fourth-order valence-corrected chi connectivity index (χ4v) is 0.729. The molecule has 0 fully saturated rings. The van der Waals surface area contributed by atoms with Crippen molar-refractivity contribution in [3.63, 3.8) is 0 Å². The first kappa shape index (κ1) is 24.8. The molecule has 0 heteroatoms. The van der Waals surface area contributed by atoms with Crippen LogP contribution in [0.1, 0.15) is 49.0 Å². The zero-order valence-corrected chi connectivity index (χ0v) is 11.9. The Kier molecular flexibility index (Phi) is 29.4. The van der Waals surface area contributed by atoms with Gasteiger partial charge in [0.1, 0.15) is 0 Å². The van der Waals surface area contributed by atoms with Gasteiger partial charge in [0.15, 0.2) is 0 Å². The lowest BCUT2D eigenvalue weighted by Gasteiger charge is -2.00. The molecule has 0 rings (SSSR count). The van der Waals surface area contributed by atoms with Crippen molar-refractivity contribution in [2.75, 3.05) is 0 Å². The molecule has 0 N–H and O–H groups in total. The Bertz CT molecular complexity index is 249. The Morgan fingerprint density at radius 3 is 1.59 bits per heavy atom. The van der Waals surface area contributed by atoms with Crippen LogP contribution in [-0.4, -0.2) is 0 Å². The van der Waals surface area contributed by atoms with E-state index < -0.39 is 0 Å². The van der Waals surface area contributed by atoms with Crippen molar-refractivity contribution in [1.82, 2.24) is 0 Å². The minimum atomic E-state index is 0. The minimum Gasteiger partial charge on any atom is -0.0985 e. The van der Waals surface area contributed by atoms with Gasteiger partial charge in [0, 0.05) is 0 Å². The average Bonchev–Trinajstić information content (AvgIpc) is 2.39. The van der Waals surface area contributed by atoms with Gasteiger partial charge < -0.3 is 0 Å². The Morgan fingerprint density at radius 2 is 1.35 bits per heavy atom. The third kappa shape index (κ3) is 14.7. The molecule has 100 valence electrons. The zero-order valence-electron chi connectivity index (χ0n) is 11.9. The van der Waals surface area contributed by atoms with Crippen LogP contribution in [-0.2, 0) is 0 Å². The summed E-state index contributed by atoms with van der Waals surface area (Å²) in [7, 11) is 0. The fraction of sp³-hybridized carbons (Fsp3) is 0.412. The molecule has 0 aromatic heterocycles. The number of rotatable bonds is 4. The first-order valence-corrected chi connectivity index (χ1v) is 5.94. The van der Waals surface area contributed by atoms with E-state index >= 15 is 0 Å². The lowest BCUT2D eigenvalue weighted by Crippen LogP contribution is -1.80. The van der Waals surface area contributed by atoms with Crippen molar-refractivity contribution in [3.8, 4) is 0 Å². The number of allylic oxidation sites excluding steroid dienone is 7. The minimum absolute atomic E-state index is 0. The van der Waals surface area contributed by atoms with Gasteiger partial charge in [0.25, 0.3) is 0 Å². The topological polar surface area (TPSA) is 0 Å². The summed E-state index contributed by atoms with van der Waals surface area (Å²) in [6.45, 7) is 23.3. The van der Waals surface area contributed by atoms with Gasteiger partial charge in [0.05, 0.1) is 0 Å². The van der Waals surface area contributed by atoms with Crippen LogP contribution < -0.4 is 0 Å². The van der Waals surface area contributed by atoms with Crippen LogP contribution in [0.25, 0.3) is 0 Å². The third-order valence-electron chi connectivity index (χ3n) is 1.68. The first-order valence-electron chi connectivity index (χ1n) is 5.94. The molecule has 0 aliphatic rings. The lowest BCUT2D eigenvalue weighted by molar-refractivity contribution is 1.44. The molecule has 0 spiro atoms. The van der Waals surface area contributed by atoms with Gasteiger partial charge in [-0.25, -0.2) is 0 Å². The Balaban J connectivity index is -0.000000152. The summed E-state index contributed by atoms with van der Waals surface area (Å²) in [6.07, 6.45) is 7.60. The molecular weight excluding hydrogens is 204 g/mol. The van der Waals surface area contributed by atoms with E-state index in [9.17, 15) is 0 Å². The van der Waals surface area contributed by atoms with Crippen molar-refractivity contribution in [1.29, 1.82) is 0 Å². The Labute approximate surface area is 110 Å². The predicted octanol–water partition coefficient (Wildman–Crippen LogP) is 6.50. The molecule has 0 radical (unpaired) electrons. The largest absolute Gasteiger partial charge is 0.0985 e. The van der Waals surface area contributed by atoms with Crippen LogP contribution in [0.2, 0.25) is 0 Å². The summed E-state index contributed by atoms with van der Waals surface area (Å²) in [5.41, 5.74) is 3.14. The lowest BCUT2D eigenvalue weighted by atomic mass is 10.1. The van der Waals surface area contributed by atoms with E-state index in [2.05, 4.69) is 19.7 Å². The van der Waals surface area contributed by atoms with Crippen LogP contribution in [0, 0.1) is 0 Å². The first-order chi connectivity index (χ1) is 7.65. The smallest absolute Gasteiger partial charge is 0.0194 e. The third-order valence-corrected chi connectivity index (χ3v) is 1.68. The SMILES string of the molecule is C.C=CC(=C)/C(C=C)=C\C(C)=C/C.CC.CC. The van der Waals surface area contributed by atoms with E-state index in [1.54, 1.807) is 12.2 Å². The quantitative estimate of drug-likeness (QED) is 0.489. The van der Waals surface area contributed by atoms with Gasteiger partial charge in [-0.3, -0.25) is 0 Å². The van der Waals surface area contributed by atoms with Crippen molar-refractivity contribution in [2.24, 2.45) is 0 Å². The van der Waals surface area contributed by atoms with Crippen molar-refractivity contribution in [2.45, 2.75) is 49.0 Å². The van der Waals surface area contributed by atoms with Crippen LogP contribution in [0.5, 0.6) is 0 Å². The molecule has 0 bridgehead atoms. The van der Waals surface area contributed by atoms with E-state index in [4.69, 9.17) is 0 Å². The highest BCUT2D eigenvalue weighted by atomic mass is 14.0. The van der Waals surface area contributed by atoms with E-state index in [0.29, 0.717) is 0 Å². The number of hydrogen-bond acceptors (Lipinski definition) is 0. The summed E-state index contributed by atoms with van der Waals surface area (Å²) >= 11 is 0. The van der Waals surface area contributed by atoms with E-state index in [-0.39, 0.29) is 7.43 Å². The molecule has 0 saturated carbocycles. The average molecular weight is 236 g/mol. The van der Waals surface area contributed by atoms with E-state index in [0.717, 1.165) is 11.1 Å². The van der Waals surface area contributed by atoms with E-state index in [1.807, 2.05) is 53.7 Å². The van der Waals surface area contributed by atoms with Gasteiger partial charge in [-0.1, -0.05) is 84.7 Å². The molecule has 0 heterocycles. The van der Waals surface area contributed by atoms with Gasteiger partial charge >= 0.3 is 0 Å². The molecule has 0 amide bonds. The van der Waals surface area contributed by atoms with Gasteiger partial charge in [-0.2, -0.15) is 0 Å². The van der Waals surface area contributed by atoms with Crippen LogP contribution in [0.3, 0.4) is 0 Å². The van der Waals surface area contributed by atoms with Crippen molar-refractivity contribution in [3.05, 3.63) is 60.8 Å². The van der Waals surface area contributed by atoms with Crippen LogP contribution in [0.15, 0.2) is 60.8 Å². The number of hydrogen-bond donors (Lipinski definition) is 0. The summed E-state index contributed by atoms with van der Waals surface area (Å²) in [5.74, 6) is 0. The molecule has 0 saturated heterocycles. The standard InChI is InChI=1S/C12H16.2C2H6.CH4/c1-6-10(4)9-12(8-3)11(5)7-2;2*1-2;/h6-9H,2-3,5H2,1,4H3;2*1-2H3;1H4/b10-6-,12-9-;;;. The summed E-state index contributed by atoms with van der Waals surface area (Å²) < 4.78 is 0. The second-order valence-corrected chi connectivity index (χ2v) is 2.57. The van der Waals surface area contributed by atoms with Crippen molar-refractivity contribution >= 4 is 0 Å². The second-order valence-electron chi connectivity index (χ2n) is 2.57. The van der Waals surface area contributed by atoms with Gasteiger partial charge in [-0.15, -0.1) is 0 Å². The molecule has 17 heavy (non-hydrogen) atoms. The molecule has 0 aromatic rings. The highest BCUT2D eigenvalue weighted by molar-refractivity contribution is 5.46. The monoisotopic (exact) mass is 236 g/mol. The maximum Gasteiger partial charge on any atom is -0.0194 e. The molecule has 0 aliphatic carbocycles. The highest BCUT2D eigenvalue weighted by Crippen LogP contribution is 2.12. The molecule has 0 atom stereocenters. The van der Waals surface area contributed by atoms with Crippen LogP contribution in [0.4, 0.5) is 0 Å². The summed E-state index contributed by atoms with van der Waals surface area (Å²) in [6, 6.07) is 0. The zero-order chi connectivity index (χ0) is 13.6. The molecule has 0 nitrogen and oxygen atoms in total. The highest BCUT2D eigenvalue weighted by Gasteiger charge is 1.92. The van der Waals surface area contributed by atoms with E-state index in [1.165, 1.54) is 5.57 Å². The normalized spacial score (nSPS) is 9.53. The fourth-order valence-electron chi connectivity index (χ4n) is 0.729. The summed E-state index contributed by atoms with van der Waals surface area (Å²) in [4.78, 5) is 0. The predicted molar refractivity (Wildman–Crippen MR) is 86.5 cm³/mol. The molecule has 0 aliphatic heterocycles. The maximum atomic E-state index is 3.85. The molecule has 0 aromatic carbocycles. The molecular formula is C17H32. The summed E-state index contributed by atoms with van der Waals surface area (Å²) in [5, 5.41) is 0.